The zero-order valence-electron chi connectivity index (χ0n) is 13.7. The van der Waals surface area contributed by atoms with Crippen LogP contribution in [0.1, 0.15) is 49.9 Å². The third-order valence-corrected chi connectivity index (χ3v) is 4.33. The molecule has 3 rings (SSSR count). The minimum atomic E-state index is -0.368. The number of hydrogen-bond donors (Lipinski definition) is 1. The van der Waals surface area contributed by atoms with E-state index in [2.05, 4.69) is 5.32 Å². The van der Waals surface area contributed by atoms with Crippen molar-refractivity contribution in [3.05, 3.63) is 29.8 Å². The van der Waals surface area contributed by atoms with Gasteiger partial charge in [0.1, 0.15) is 6.10 Å². The van der Waals surface area contributed by atoms with Crippen LogP contribution >= 0.6 is 0 Å². The first-order valence-electron chi connectivity index (χ1n) is 8.41. The van der Waals surface area contributed by atoms with Crippen molar-refractivity contribution >= 4 is 17.5 Å². The Morgan fingerprint density at radius 3 is 2.65 bits per heavy atom. The average Bonchev–Trinajstić information content (AvgIpc) is 3.18. The summed E-state index contributed by atoms with van der Waals surface area (Å²) in [6.07, 6.45) is 3.47. The minimum absolute atomic E-state index is 0.0377. The van der Waals surface area contributed by atoms with E-state index < -0.39 is 0 Å². The summed E-state index contributed by atoms with van der Waals surface area (Å²) >= 11 is 0. The van der Waals surface area contributed by atoms with Crippen LogP contribution in [0.25, 0.3) is 0 Å². The van der Waals surface area contributed by atoms with Gasteiger partial charge >= 0.3 is 0 Å². The van der Waals surface area contributed by atoms with Crippen molar-refractivity contribution in [3.63, 3.8) is 0 Å². The van der Waals surface area contributed by atoms with Gasteiger partial charge in [0.05, 0.1) is 0 Å². The summed E-state index contributed by atoms with van der Waals surface area (Å²) in [5, 5.41) is 2.86. The summed E-state index contributed by atoms with van der Waals surface area (Å²) in [6, 6.07) is 7.73. The van der Waals surface area contributed by atoms with Gasteiger partial charge in [-0.15, -0.1) is 0 Å². The van der Waals surface area contributed by atoms with Crippen molar-refractivity contribution in [1.29, 1.82) is 0 Å². The molecule has 1 atom stereocenters. The highest BCUT2D eigenvalue weighted by Gasteiger charge is 2.34. The summed E-state index contributed by atoms with van der Waals surface area (Å²) < 4.78 is 5.39. The minimum Gasteiger partial charge on any atom is -0.368 e. The fourth-order valence-corrected chi connectivity index (χ4v) is 3.06. The Kier molecular flexibility index (Phi) is 4.66. The summed E-state index contributed by atoms with van der Waals surface area (Å²) in [7, 11) is 0. The van der Waals surface area contributed by atoms with Gasteiger partial charge in [-0.1, -0.05) is 6.07 Å². The maximum atomic E-state index is 12.8. The van der Waals surface area contributed by atoms with Gasteiger partial charge in [-0.3, -0.25) is 9.59 Å². The second-order valence-corrected chi connectivity index (χ2v) is 6.61. The molecule has 5 heteroatoms. The molecule has 0 unspecified atom stereocenters. The SMILES string of the molecule is CC(C)N(C(=O)c1cccc(NC(=O)[C@@H]2CCCO2)c1)C1CC1. The number of hydrogen-bond acceptors (Lipinski definition) is 3. The zero-order valence-corrected chi connectivity index (χ0v) is 13.7. The Morgan fingerprint density at radius 1 is 1.26 bits per heavy atom. The third-order valence-electron chi connectivity index (χ3n) is 4.33. The van der Waals surface area contributed by atoms with Crippen LogP contribution in [0.2, 0.25) is 0 Å². The summed E-state index contributed by atoms with van der Waals surface area (Å²) in [4.78, 5) is 26.8. The molecule has 0 radical (unpaired) electrons. The molecule has 0 aromatic heterocycles. The molecule has 2 fully saturated rings. The molecule has 1 aliphatic heterocycles. The predicted molar refractivity (Wildman–Crippen MR) is 88.4 cm³/mol. The molecule has 1 saturated heterocycles. The molecule has 1 aromatic rings. The molecule has 1 heterocycles. The van der Waals surface area contributed by atoms with Crippen LogP contribution in [-0.4, -0.2) is 41.5 Å². The van der Waals surface area contributed by atoms with Crippen LogP contribution in [0.4, 0.5) is 5.69 Å². The molecule has 23 heavy (non-hydrogen) atoms. The lowest BCUT2D eigenvalue weighted by Gasteiger charge is -2.27. The van der Waals surface area contributed by atoms with E-state index in [9.17, 15) is 9.59 Å². The predicted octanol–water partition coefficient (Wildman–Crippen LogP) is 2.82. The Morgan fingerprint density at radius 2 is 2.04 bits per heavy atom. The molecule has 0 spiro atoms. The topological polar surface area (TPSA) is 58.6 Å². The monoisotopic (exact) mass is 316 g/mol. The molecule has 1 aliphatic carbocycles. The van der Waals surface area contributed by atoms with Crippen LogP contribution < -0.4 is 5.32 Å². The molecule has 5 nitrogen and oxygen atoms in total. The van der Waals surface area contributed by atoms with Crippen LogP contribution in [0.3, 0.4) is 0 Å². The zero-order chi connectivity index (χ0) is 16.4. The van der Waals surface area contributed by atoms with E-state index in [1.807, 2.05) is 30.9 Å². The Balaban J connectivity index is 1.71. The number of rotatable bonds is 5. The smallest absolute Gasteiger partial charge is 0.254 e. The Bertz CT molecular complexity index is 588. The number of nitrogens with zero attached hydrogens (tertiary/aromatic N) is 1. The Labute approximate surface area is 137 Å². The number of nitrogens with one attached hydrogen (secondary N) is 1. The quantitative estimate of drug-likeness (QED) is 0.909. The van der Waals surface area contributed by atoms with Crippen molar-refractivity contribution in [1.82, 2.24) is 4.90 Å². The number of benzene rings is 1. The lowest BCUT2D eigenvalue weighted by Crippen LogP contribution is -2.38. The van der Waals surface area contributed by atoms with Crippen molar-refractivity contribution in [2.75, 3.05) is 11.9 Å². The Hall–Kier alpha value is -1.88. The van der Waals surface area contributed by atoms with Gasteiger partial charge < -0.3 is 15.0 Å². The summed E-state index contributed by atoms with van der Waals surface area (Å²) in [6.45, 7) is 4.72. The largest absolute Gasteiger partial charge is 0.368 e. The van der Waals surface area contributed by atoms with Crippen LogP contribution in [-0.2, 0) is 9.53 Å². The number of carbonyl (C=O) groups excluding carboxylic acids is 2. The van der Waals surface area contributed by atoms with E-state index in [4.69, 9.17) is 4.74 Å². The summed E-state index contributed by atoms with van der Waals surface area (Å²) in [5.41, 5.74) is 1.27. The molecule has 2 amide bonds. The lowest BCUT2D eigenvalue weighted by molar-refractivity contribution is -0.124. The molecule has 1 aromatic carbocycles. The standard InChI is InChI=1S/C18H24N2O3/c1-12(2)20(15-8-9-15)18(22)13-5-3-6-14(11-13)19-17(21)16-7-4-10-23-16/h3,5-6,11-12,15-16H,4,7-10H2,1-2H3,(H,19,21)/t16-/m0/s1. The van der Waals surface area contributed by atoms with Crippen LogP contribution in [0.15, 0.2) is 24.3 Å². The molecule has 1 N–H and O–H groups in total. The third kappa shape index (κ3) is 3.72. The van der Waals surface area contributed by atoms with Gasteiger partial charge in [-0.2, -0.15) is 0 Å². The van der Waals surface area contributed by atoms with E-state index in [0.29, 0.717) is 23.9 Å². The molecule has 1 saturated carbocycles. The molecule has 2 aliphatic rings. The fourth-order valence-electron chi connectivity index (χ4n) is 3.06. The van der Waals surface area contributed by atoms with Crippen molar-refractivity contribution in [2.45, 2.75) is 57.7 Å². The number of carbonyl (C=O) groups is 2. The fraction of sp³-hybridized carbons (Fsp3) is 0.556. The van der Waals surface area contributed by atoms with Gasteiger partial charge in [0.25, 0.3) is 11.8 Å². The summed E-state index contributed by atoms with van der Waals surface area (Å²) in [5.74, 6) is -0.0919. The maximum absolute atomic E-state index is 12.8. The first kappa shape index (κ1) is 16.0. The number of amides is 2. The highest BCUT2D eigenvalue weighted by molar-refractivity contribution is 5.98. The second kappa shape index (κ2) is 6.71. The molecule has 124 valence electrons. The first-order chi connectivity index (χ1) is 11.1. The first-order valence-corrected chi connectivity index (χ1v) is 8.41. The number of anilines is 1. The van der Waals surface area contributed by atoms with Crippen molar-refractivity contribution in [3.8, 4) is 0 Å². The average molecular weight is 316 g/mol. The lowest BCUT2D eigenvalue weighted by atomic mass is 10.1. The highest BCUT2D eigenvalue weighted by atomic mass is 16.5. The molecular weight excluding hydrogens is 292 g/mol. The van der Waals surface area contributed by atoms with E-state index in [0.717, 1.165) is 25.7 Å². The maximum Gasteiger partial charge on any atom is 0.254 e. The number of ether oxygens (including phenoxy) is 1. The van der Waals surface area contributed by atoms with Gasteiger partial charge in [0.15, 0.2) is 0 Å². The van der Waals surface area contributed by atoms with E-state index >= 15 is 0 Å². The van der Waals surface area contributed by atoms with Crippen molar-refractivity contribution in [2.24, 2.45) is 0 Å². The van der Waals surface area contributed by atoms with Gasteiger partial charge in [0.2, 0.25) is 0 Å². The normalized spacial score (nSPS) is 20.6. The van der Waals surface area contributed by atoms with Gasteiger partial charge in [0, 0.05) is 29.9 Å². The molecular formula is C18H24N2O3. The molecule has 0 bridgehead atoms. The van der Waals surface area contributed by atoms with Crippen LogP contribution in [0.5, 0.6) is 0 Å². The van der Waals surface area contributed by atoms with E-state index in [1.165, 1.54) is 0 Å². The van der Waals surface area contributed by atoms with E-state index in [1.54, 1.807) is 12.1 Å². The van der Waals surface area contributed by atoms with Gasteiger partial charge in [-0.05, 0) is 57.7 Å². The second-order valence-electron chi connectivity index (χ2n) is 6.61. The highest BCUT2D eigenvalue weighted by Crippen LogP contribution is 2.30. The van der Waals surface area contributed by atoms with E-state index in [-0.39, 0.29) is 24.0 Å². The van der Waals surface area contributed by atoms with Crippen molar-refractivity contribution < 1.29 is 14.3 Å². The van der Waals surface area contributed by atoms with Crippen LogP contribution in [0, 0.1) is 0 Å². The van der Waals surface area contributed by atoms with Gasteiger partial charge in [-0.25, -0.2) is 0 Å².